The van der Waals surface area contributed by atoms with E-state index in [9.17, 15) is 0 Å². The van der Waals surface area contributed by atoms with E-state index >= 15 is 0 Å². The van der Waals surface area contributed by atoms with Crippen molar-refractivity contribution in [3.8, 4) is 0 Å². The van der Waals surface area contributed by atoms with Gasteiger partial charge in [0, 0.05) is 5.57 Å². The Morgan fingerprint density at radius 2 is 1.81 bits per heavy atom. The molecule has 16 heavy (non-hydrogen) atoms. The monoisotopic (exact) mass is 222 g/mol. The van der Waals surface area contributed by atoms with E-state index in [0.717, 1.165) is 0 Å². The van der Waals surface area contributed by atoms with Crippen LogP contribution < -0.4 is 0 Å². The van der Waals surface area contributed by atoms with Gasteiger partial charge in [-0.05, 0) is 37.0 Å². The quantitative estimate of drug-likeness (QED) is 0.526. The van der Waals surface area contributed by atoms with Crippen LogP contribution in [0.5, 0.6) is 0 Å². The third-order valence-corrected chi connectivity index (χ3v) is 2.47. The van der Waals surface area contributed by atoms with Gasteiger partial charge in [-0.15, -0.1) is 5.73 Å². The van der Waals surface area contributed by atoms with Crippen LogP contribution in [-0.2, 0) is 9.47 Å². The molecule has 0 saturated carbocycles. The van der Waals surface area contributed by atoms with Crippen molar-refractivity contribution >= 4 is 0 Å². The van der Waals surface area contributed by atoms with Crippen molar-refractivity contribution in [2.75, 3.05) is 13.2 Å². The average molecular weight is 222 g/mol. The van der Waals surface area contributed by atoms with Gasteiger partial charge < -0.3 is 9.47 Å². The highest BCUT2D eigenvalue weighted by atomic mass is 16.7. The van der Waals surface area contributed by atoms with Gasteiger partial charge in [0.25, 0.3) is 0 Å². The predicted molar refractivity (Wildman–Crippen MR) is 66.2 cm³/mol. The molecule has 1 rings (SSSR count). The largest absolute Gasteiger partial charge is 0.347 e. The Bertz CT molecular complexity index is 319. The first-order chi connectivity index (χ1) is 7.45. The van der Waals surface area contributed by atoms with E-state index in [1.54, 1.807) is 0 Å². The summed E-state index contributed by atoms with van der Waals surface area (Å²) in [7, 11) is 0. The van der Waals surface area contributed by atoms with Crippen LogP contribution in [-0.4, -0.2) is 19.5 Å². The fourth-order valence-electron chi connectivity index (χ4n) is 1.83. The van der Waals surface area contributed by atoms with Crippen LogP contribution in [0.15, 0.2) is 29.0 Å². The van der Waals surface area contributed by atoms with E-state index < -0.39 is 0 Å². The smallest absolute Gasteiger partial charge is 0.177 e. The maximum Gasteiger partial charge on any atom is 0.177 e. The lowest BCUT2D eigenvalue weighted by Crippen LogP contribution is -2.12. The SMILES string of the molecule is CC=C=C(/C(C)=C\C1OCCO1)C(C)(C)C. The topological polar surface area (TPSA) is 18.5 Å². The Morgan fingerprint density at radius 1 is 1.25 bits per heavy atom. The Labute approximate surface area is 98.6 Å². The lowest BCUT2D eigenvalue weighted by Gasteiger charge is -2.22. The molecule has 1 fully saturated rings. The highest BCUT2D eigenvalue weighted by Crippen LogP contribution is 2.30. The standard InChI is InChI=1S/C14H22O2/c1-6-7-12(14(3,4)5)11(2)10-13-15-8-9-16-13/h6,10,13H,8-9H2,1-5H3/b11-10-. The molecule has 1 heterocycles. The molecule has 1 aliphatic heterocycles. The first kappa shape index (κ1) is 13.2. The van der Waals surface area contributed by atoms with Crippen molar-refractivity contribution < 1.29 is 9.47 Å². The van der Waals surface area contributed by atoms with Crippen LogP contribution in [0.1, 0.15) is 34.6 Å². The molecular formula is C14H22O2. The van der Waals surface area contributed by atoms with Crippen molar-refractivity contribution in [2.24, 2.45) is 5.41 Å². The minimum Gasteiger partial charge on any atom is -0.347 e. The second kappa shape index (κ2) is 5.49. The fourth-order valence-corrected chi connectivity index (χ4v) is 1.83. The van der Waals surface area contributed by atoms with Crippen LogP contribution in [0.25, 0.3) is 0 Å². The van der Waals surface area contributed by atoms with Gasteiger partial charge in [-0.25, -0.2) is 0 Å². The molecule has 0 aliphatic carbocycles. The van der Waals surface area contributed by atoms with Gasteiger partial charge in [0.15, 0.2) is 6.29 Å². The molecule has 0 amide bonds. The molecule has 0 unspecified atom stereocenters. The summed E-state index contributed by atoms with van der Waals surface area (Å²) in [5, 5.41) is 0. The summed E-state index contributed by atoms with van der Waals surface area (Å²) in [5.74, 6) is 0. The summed E-state index contributed by atoms with van der Waals surface area (Å²) >= 11 is 0. The van der Waals surface area contributed by atoms with Gasteiger partial charge in [0.2, 0.25) is 0 Å². The number of ether oxygens (including phenoxy) is 2. The van der Waals surface area contributed by atoms with Crippen LogP contribution in [0.2, 0.25) is 0 Å². The van der Waals surface area contributed by atoms with Crippen LogP contribution in [0.3, 0.4) is 0 Å². The molecule has 0 bridgehead atoms. The molecule has 0 N–H and O–H groups in total. The Morgan fingerprint density at radius 3 is 2.25 bits per heavy atom. The minimum atomic E-state index is -0.184. The van der Waals surface area contributed by atoms with Crippen LogP contribution >= 0.6 is 0 Å². The van der Waals surface area contributed by atoms with E-state index in [1.165, 1.54) is 11.1 Å². The second-order valence-electron chi connectivity index (χ2n) is 5.02. The summed E-state index contributed by atoms with van der Waals surface area (Å²) in [4.78, 5) is 0. The average Bonchev–Trinajstić information content (AvgIpc) is 2.64. The van der Waals surface area contributed by atoms with Gasteiger partial charge in [-0.1, -0.05) is 20.8 Å². The van der Waals surface area contributed by atoms with Gasteiger partial charge in [0.1, 0.15) is 0 Å². The van der Waals surface area contributed by atoms with Crippen LogP contribution in [0.4, 0.5) is 0 Å². The number of hydrogen-bond donors (Lipinski definition) is 0. The van der Waals surface area contributed by atoms with E-state index in [0.29, 0.717) is 13.2 Å². The molecule has 0 aromatic carbocycles. The number of rotatable bonds is 2. The third-order valence-electron chi connectivity index (χ3n) is 2.47. The Balaban J connectivity index is 2.91. The van der Waals surface area contributed by atoms with Gasteiger partial charge in [0.05, 0.1) is 13.2 Å². The normalized spacial score (nSPS) is 18.4. The van der Waals surface area contributed by atoms with Gasteiger partial charge >= 0.3 is 0 Å². The summed E-state index contributed by atoms with van der Waals surface area (Å²) in [6.45, 7) is 12.0. The molecular weight excluding hydrogens is 200 g/mol. The fraction of sp³-hybridized carbons (Fsp3) is 0.643. The molecule has 0 atom stereocenters. The van der Waals surface area contributed by atoms with Crippen molar-refractivity contribution in [2.45, 2.75) is 40.9 Å². The zero-order chi connectivity index (χ0) is 12.2. The van der Waals surface area contributed by atoms with E-state index in [-0.39, 0.29) is 11.7 Å². The molecule has 0 aromatic heterocycles. The molecule has 1 aliphatic rings. The zero-order valence-electron chi connectivity index (χ0n) is 11.0. The zero-order valence-corrected chi connectivity index (χ0v) is 11.0. The molecule has 90 valence electrons. The van der Waals surface area contributed by atoms with E-state index in [4.69, 9.17) is 9.47 Å². The highest BCUT2D eigenvalue weighted by Gasteiger charge is 2.20. The molecule has 1 saturated heterocycles. The van der Waals surface area contributed by atoms with E-state index in [2.05, 4.69) is 33.4 Å². The van der Waals surface area contributed by atoms with Crippen LogP contribution in [0, 0.1) is 5.41 Å². The van der Waals surface area contributed by atoms with Gasteiger partial charge in [-0.3, -0.25) is 0 Å². The maximum absolute atomic E-state index is 5.41. The third kappa shape index (κ3) is 3.64. The van der Waals surface area contributed by atoms with Crippen molar-refractivity contribution in [3.63, 3.8) is 0 Å². The summed E-state index contributed by atoms with van der Waals surface area (Å²) in [6.07, 6.45) is 3.80. The van der Waals surface area contributed by atoms with Crippen molar-refractivity contribution in [1.29, 1.82) is 0 Å². The molecule has 2 heteroatoms. The Hall–Kier alpha value is -0.820. The maximum atomic E-state index is 5.41. The van der Waals surface area contributed by atoms with Gasteiger partial charge in [-0.2, -0.15) is 0 Å². The summed E-state index contributed by atoms with van der Waals surface area (Å²) < 4.78 is 10.8. The number of hydrogen-bond acceptors (Lipinski definition) is 2. The van der Waals surface area contributed by atoms with Crippen molar-refractivity contribution in [1.82, 2.24) is 0 Å². The first-order valence-electron chi connectivity index (χ1n) is 5.79. The minimum absolute atomic E-state index is 0.0890. The molecule has 2 nitrogen and oxygen atoms in total. The highest BCUT2D eigenvalue weighted by molar-refractivity contribution is 5.33. The molecule has 0 aromatic rings. The Kier molecular flexibility index (Phi) is 4.55. The number of allylic oxidation sites excluding steroid dienone is 2. The first-order valence-corrected chi connectivity index (χ1v) is 5.79. The lowest BCUT2D eigenvalue weighted by molar-refractivity contribution is -0.00209. The summed E-state index contributed by atoms with van der Waals surface area (Å²) in [5.41, 5.74) is 5.78. The predicted octanol–water partition coefficient (Wildman–Crippen LogP) is 3.45. The molecule has 0 radical (unpaired) electrons. The summed E-state index contributed by atoms with van der Waals surface area (Å²) in [6, 6.07) is 0. The van der Waals surface area contributed by atoms with Crippen molar-refractivity contribution in [3.05, 3.63) is 29.0 Å². The second-order valence-corrected chi connectivity index (χ2v) is 5.02. The lowest BCUT2D eigenvalue weighted by atomic mass is 9.82. The van der Waals surface area contributed by atoms with E-state index in [1.807, 2.05) is 19.1 Å². The molecule has 0 spiro atoms.